The molecule has 0 bridgehead atoms. The second-order valence-electron chi connectivity index (χ2n) is 5.32. The SMILES string of the molecule is CNC1CCN(S(=O)(=O)c2ccc(C(=O)OC)c(OC)c2)CC1.Cl. The zero-order chi connectivity index (χ0) is 17.0. The van der Waals surface area contributed by atoms with Crippen molar-refractivity contribution in [2.24, 2.45) is 0 Å². The molecule has 2 rings (SSSR count). The number of methoxy groups -OCH3 is 2. The quantitative estimate of drug-likeness (QED) is 0.777. The standard InChI is InChI=1S/C15H22N2O5S.ClH/c1-16-11-6-8-17(9-7-11)23(19,20)12-4-5-13(15(18)22-3)14(10-12)21-2;/h4-5,10-11,16H,6-9H2,1-3H3;1H. The molecular weight excluding hydrogens is 356 g/mol. The predicted molar refractivity (Wildman–Crippen MR) is 92.4 cm³/mol. The maximum Gasteiger partial charge on any atom is 0.341 e. The lowest BCUT2D eigenvalue weighted by Crippen LogP contribution is -2.43. The molecule has 0 saturated carbocycles. The van der Waals surface area contributed by atoms with Crippen LogP contribution < -0.4 is 10.1 Å². The first kappa shape index (κ1) is 20.7. The van der Waals surface area contributed by atoms with Crippen LogP contribution in [-0.4, -0.2) is 59.1 Å². The molecule has 0 radical (unpaired) electrons. The Hall–Kier alpha value is -1.35. The molecule has 1 N–H and O–H groups in total. The monoisotopic (exact) mass is 378 g/mol. The van der Waals surface area contributed by atoms with E-state index in [2.05, 4.69) is 10.1 Å². The number of hydrogen-bond donors (Lipinski definition) is 1. The lowest BCUT2D eigenvalue weighted by Gasteiger charge is -2.31. The Kier molecular flexibility index (Phi) is 7.47. The van der Waals surface area contributed by atoms with E-state index < -0.39 is 16.0 Å². The molecule has 1 saturated heterocycles. The van der Waals surface area contributed by atoms with Crippen molar-refractivity contribution in [3.05, 3.63) is 23.8 Å². The van der Waals surface area contributed by atoms with Crippen LogP contribution in [0, 0.1) is 0 Å². The minimum absolute atomic E-state index is 0. The average molecular weight is 379 g/mol. The van der Waals surface area contributed by atoms with E-state index in [0.29, 0.717) is 19.1 Å². The van der Waals surface area contributed by atoms with Gasteiger partial charge in [-0.15, -0.1) is 12.4 Å². The number of carbonyl (C=O) groups is 1. The van der Waals surface area contributed by atoms with E-state index in [0.717, 1.165) is 12.8 Å². The van der Waals surface area contributed by atoms with Crippen LogP contribution in [0.2, 0.25) is 0 Å². The summed E-state index contributed by atoms with van der Waals surface area (Å²) in [6.07, 6.45) is 1.54. The lowest BCUT2D eigenvalue weighted by atomic mass is 10.1. The number of nitrogens with one attached hydrogen (secondary N) is 1. The number of benzene rings is 1. The first-order valence-corrected chi connectivity index (χ1v) is 8.81. The summed E-state index contributed by atoms with van der Waals surface area (Å²) in [6.45, 7) is 0.934. The van der Waals surface area contributed by atoms with Gasteiger partial charge in [0.15, 0.2) is 0 Å². The van der Waals surface area contributed by atoms with Gasteiger partial charge in [0.25, 0.3) is 0 Å². The Labute approximate surface area is 148 Å². The summed E-state index contributed by atoms with van der Waals surface area (Å²) in [5, 5.41) is 3.17. The van der Waals surface area contributed by atoms with Crippen molar-refractivity contribution in [1.29, 1.82) is 0 Å². The topological polar surface area (TPSA) is 84.9 Å². The Morgan fingerprint density at radius 3 is 2.38 bits per heavy atom. The molecule has 1 aromatic carbocycles. The van der Waals surface area contributed by atoms with Crippen LogP contribution >= 0.6 is 12.4 Å². The zero-order valence-electron chi connectivity index (χ0n) is 13.9. The molecule has 1 aliphatic rings. The fourth-order valence-electron chi connectivity index (χ4n) is 2.64. The summed E-state index contributed by atoms with van der Waals surface area (Å²) in [5.74, 6) is -0.385. The maximum absolute atomic E-state index is 12.7. The van der Waals surface area contributed by atoms with Crippen LogP contribution in [-0.2, 0) is 14.8 Å². The highest BCUT2D eigenvalue weighted by molar-refractivity contribution is 7.89. The lowest BCUT2D eigenvalue weighted by molar-refractivity contribution is 0.0597. The minimum Gasteiger partial charge on any atom is -0.496 e. The van der Waals surface area contributed by atoms with Crippen molar-refractivity contribution in [2.75, 3.05) is 34.4 Å². The van der Waals surface area contributed by atoms with E-state index in [1.54, 1.807) is 0 Å². The van der Waals surface area contributed by atoms with E-state index >= 15 is 0 Å². The van der Waals surface area contributed by atoms with Crippen LogP contribution in [0.15, 0.2) is 23.1 Å². The molecule has 0 aromatic heterocycles. The molecule has 0 aliphatic carbocycles. The Morgan fingerprint density at radius 1 is 1.25 bits per heavy atom. The number of carbonyl (C=O) groups excluding carboxylic acids is 1. The van der Waals surface area contributed by atoms with E-state index in [4.69, 9.17) is 4.74 Å². The van der Waals surface area contributed by atoms with E-state index in [-0.39, 0.29) is 28.6 Å². The van der Waals surface area contributed by atoms with E-state index in [1.807, 2.05) is 7.05 Å². The van der Waals surface area contributed by atoms with Crippen molar-refractivity contribution in [2.45, 2.75) is 23.8 Å². The summed E-state index contributed by atoms with van der Waals surface area (Å²) < 4.78 is 36.7. The van der Waals surface area contributed by atoms with Gasteiger partial charge in [-0.05, 0) is 32.0 Å². The molecular formula is C15H23ClN2O5S. The predicted octanol–water partition coefficient (Wildman–Crippen LogP) is 1.28. The van der Waals surface area contributed by atoms with E-state index in [9.17, 15) is 13.2 Å². The summed E-state index contributed by atoms with van der Waals surface area (Å²) in [6, 6.07) is 4.54. The van der Waals surface area contributed by atoms with Gasteiger partial charge in [-0.1, -0.05) is 0 Å². The molecule has 1 aromatic rings. The Balaban J connectivity index is 0.00000288. The second-order valence-corrected chi connectivity index (χ2v) is 7.26. The van der Waals surface area contributed by atoms with Gasteiger partial charge < -0.3 is 14.8 Å². The van der Waals surface area contributed by atoms with Crippen molar-refractivity contribution in [3.8, 4) is 5.75 Å². The third-order valence-corrected chi connectivity index (χ3v) is 5.97. The Morgan fingerprint density at radius 2 is 1.88 bits per heavy atom. The summed E-state index contributed by atoms with van der Waals surface area (Å²) in [7, 11) is 0.926. The fourth-order valence-corrected chi connectivity index (χ4v) is 4.13. The highest BCUT2D eigenvalue weighted by atomic mass is 35.5. The van der Waals surface area contributed by atoms with Gasteiger partial charge in [-0.2, -0.15) is 4.31 Å². The van der Waals surface area contributed by atoms with Crippen LogP contribution in [0.5, 0.6) is 5.75 Å². The van der Waals surface area contributed by atoms with E-state index in [1.165, 1.54) is 36.7 Å². The summed E-state index contributed by atoms with van der Waals surface area (Å²) >= 11 is 0. The first-order chi connectivity index (χ1) is 10.9. The van der Waals surface area contributed by atoms with Crippen LogP contribution in [0.3, 0.4) is 0 Å². The van der Waals surface area contributed by atoms with Crippen LogP contribution in [0.4, 0.5) is 0 Å². The van der Waals surface area contributed by atoms with Gasteiger partial charge in [0.05, 0.1) is 19.1 Å². The smallest absolute Gasteiger partial charge is 0.341 e. The third kappa shape index (κ3) is 4.18. The first-order valence-electron chi connectivity index (χ1n) is 7.37. The molecule has 0 atom stereocenters. The van der Waals surface area contributed by atoms with Crippen molar-refractivity contribution < 1.29 is 22.7 Å². The van der Waals surface area contributed by atoms with Gasteiger partial charge in [0.1, 0.15) is 11.3 Å². The molecule has 0 amide bonds. The molecule has 0 unspecified atom stereocenters. The molecule has 9 heteroatoms. The third-order valence-electron chi connectivity index (χ3n) is 4.08. The largest absolute Gasteiger partial charge is 0.496 e. The van der Waals surface area contributed by atoms with Crippen molar-refractivity contribution >= 4 is 28.4 Å². The van der Waals surface area contributed by atoms with Crippen LogP contribution in [0.1, 0.15) is 23.2 Å². The van der Waals surface area contributed by atoms with Crippen molar-refractivity contribution in [1.82, 2.24) is 9.62 Å². The molecule has 0 spiro atoms. The van der Waals surface area contributed by atoms with Gasteiger partial charge in [-0.25, -0.2) is 13.2 Å². The molecule has 7 nitrogen and oxygen atoms in total. The number of rotatable bonds is 5. The summed E-state index contributed by atoms with van der Waals surface area (Å²) in [5.41, 5.74) is 0.197. The number of nitrogens with zero attached hydrogens (tertiary/aromatic N) is 1. The normalized spacial score (nSPS) is 16.3. The van der Waals surface area contributed by atoms with Gasteiger partial charge in [0.2, 0.25) is 10.0 Å². The molecule has 136 valence electrons. The summed E-state index contributed by atoms with van der Waals surface area (Å²) in [4.78, 5) is 11.8. The fraction of sp³-hybridized carbons (Fsp3) is 0.533. The van der Waals surface area contributed by atoms with Crippen molar-refractivity contribution in [3.63, 3.8) is 0 Å². The molecule has 1 aliphatic heterocycles. The van der Waals surface area contributed by atoms with Gasteiger partial charge in [0, 0.05) is 25.2 Å². The maximum atomic E-state index is 12.7. The second kappa shape index (κ2) is 8.66. The molecule has 24 heavy (non-hydrogen) atoms. The molecule has 1 heterocycles. The van der Waals surface area contributed by atoms with Crippen LogP contribution in [0.25, 0.3) is 0 Å². The number of ether oxygens (including phenoxy) is 2. The number of halogens is 1. The highest BCUT2D eigenvalue weighted by Crippen LogP contribution is 2.27. The number of esters is 1. The molecule has 1 fully saturated rings. The van der Waals surface area contributed by atoms with Gasteiger partial charge >= 0.3 is 5.97 Å². The Bertz CT molecular complexity index is 672. The minimum atomic E-state index is -3.60. The highest BCUT2D eigenvalue weighted by Gasteiger charge is 2.30. The van der Waals surface area contributed by atoms with Gasteiger partial charge in [-0.3, -0.25) is 0 Å². The number of piperidine rings is 1. The number of sulfonamides is 1. The average Bonchev–Trinajstić information content (AvgIpc) is 2.60. The zero-order valence-corrected chi connectivity index (χ0v) is 15.6. The number of hydrogen-bond acceptors (Lipinski definition) is 6.